The first kappa shape index (κ1) is 14.5. The van der Waals surface area contributed by atoms with Gasteiger partial charge in [-0.25, -0.2) is 0 Å². The van der Waals surface area contributed by atoms with Gasteiger partial charge in [-0.05, 0) is 18.6 Å². The maximum atomic E-state index is 12.3. The number of carbonyl (C=O) groups excluding carboxylic acids is 1. The Labute approximate surface area is 120 Å². The van der Waals surface area contributed by atoms with E-state index >= 15 is 0 Å². The summed E-state index contributed by atoms with van der Waals surface area (Å²) >= 11 is 0. The van der Waals surface area contributed by atoms with Gasteiger partial charge in [-0.1, -0.05) is 6.92 Å². The van der Waals surface area contributed by atoms with Gasteiger partial charge >= 0.3 is 0 Å². The quantitative estimate of drug-likeness (QED) is 0.505. The van der Waals surface area contributed by atoms with E-state index in [1.807, 2.05) is 6.92 Å². The van der Waals surface area contributed by atoms with E-state index < -0.39 is 10.8 Å². The topological polar surface area (TPSA) is 116 Å². The fourth-order valence-electron chi connectivity index (χ4n) is 1.98. The zero-order valence-corrected chi connectivity index (χ0v) is 11.7. The van der Waals surface area contributed by atoms with Crippen molar-refractivity contribution in [3.05, 3.63) is 45.8 Å². The van der Waals surface area contributed by atoms with Gasteiger partial charge in [-0.15, -0.1) is 0 Å². The summed E-state index contributed by atoms with van der Waals surface area (Å²) in [6.07, 6.45) is 2.28. The average molecular weight is 289 g/mol. The van der Waals surface area contributed by atoms with Crippen LogP contribution in [0.2, 0.25) is 0 Å². The number of nitrogens with two attached hydrogens (primary N) is 1. The number of benzene rings is 1. The van der Waals surface area contributed by atoms with Crippen LogP contribution in [0.5, 0.6) is 0 Å². The zero-order chi connectivity index (χ0) is 15.6. The highest BCUT2D eigenvalue weighted by atomic mass is 16.6. The number of aryl methyl sites for hydroxylation is 2. The maximum Gasteiger partial charge on any atom is 0.282 e. The van der Waals surface area contributed by atoms with Crippen molar-refractivity contribution < 1.29 is 9.72 Å². The normalized spacial score (nSPS) is 10.4. The van der Waals surface area contributed by atoms with Crippen molar-refractivity contribution in [3.63, 3.8) is 0 Å². The number of nitro benzene ring substituents is 1. The number of nitrogens with one attached hydrogen (secondary N) is 1. The number of amides is 1. The summed E-state index contributed by atoms with van der Waals surface area (Å²) in [4.78, 5) is 22.6. The van der Waals surface area contributed by atoms with Crippen LogP contribution in [-0.4, -0.2) is 20.6 Å². The number of anilines is 2. The van der Waals surface area contributed by atoms with Gasteiger partial charge in [0.15, 0.2) is 0 Å². The van der Waals surface area contributed by atoms with Crippen molar-refractivity contribution in [2.75, 3.05) is 11.1 Å². The molecule has 8 heteroatoms. The number of hydrogen-bond acceptors (Lipinski definition) is 5. The highest BCUT2D eigenvalue weighted by molar-refractivity contribution is 6.07. The molecule has 1 heterocycles. The molecule has 0 radical (unpaired) electrons. The molecule has 0 saturated heterocycles. The third-order valence-corrected chi connectivity index (χ3v) is 2.95. The minimum atomic E-state index is -0.613. The number of nitrogens with zero attached hydrogens (tertiary/aromatic N) is 3. The van der Waals surface area contributed by atoms with Gasteiger partial charge in [-0.2, -0.15) is 5.10 Å². The largest absolute Gasteiger partial charge is 0.399 e. The van der Waals surface area contributed by atoms with E-state index in [0.29, 0.717) is 17.8 Å². The summed E-state index contributed by atoms with van der Waals surface area (Å²) in [5.41, 5.74) is 6.75. The van der Waals surface area contributed by atoms with Crippen molar-refractivity contribution in [1.29, 1.82) is 0 Å². The molecule has 1 aromatic carbocycles. The first-order chi connectivity index (χ1) is 9.92. The van der Waals surface area contributed by atoms with E-state index in [1.165, 1.54) is 18.2 Å². The first-order valence-electron chi connectivity index (χ1n) is 6.30. The number of hydrogen-bond donors (Lipinski definition) is 2. The third kappa shape index (κ3) is 2.99. The lowest BCUT2D eigenvalue weighted by Crippen LogP contribution is -2.15. The number of rotatable bonds is 4. The molecule has 2 aromatic rings. The molecule has 0 aliphatic carbocycles. The molecule has 8 nitrogen and oxygen atoms in total. The Morgan fingerprint density at radius 1 is 1.52 bits per heavy atom. The molecule has 3 N–H and O–H groups in total. The van der Waals surface area contributed by atoms with Crippen molar-refractivity contribution >= 4 is 23.0 Å². The number of carbonyl (C=O) groups is 1. The lowest BCUT2D eigenvalue weighted by molar-refractivity contribution is -0.385. The molecule has 0 bridgehead atoms. The molecule has 0 saturated carbocycles. The minimum absolute atomic E-state index is 0.0779. The van der Waals surface area contributed by atoms with Crippen LogP contribution in [0.15, 0.2) is 24.4 Å². The van der Waals surface area contributed by atoms with Crippen LogP contribution in [0.4, 0.5) is 17.1 Å². The summed E-state index contributed by atoms with van der Waals surface area (Å²) in [6, 6.07) is 3.89. The second-order valence-corrected chi connectivity index (χ2v) is 4.50. The van der Waals surface area contributed by atoms with E-state index in [-0.39, 0.29) is 16.9 Å². The Balaban J connectivity index is 2.36. The van der Waals surface area contributed by atoms with E-state index in [1.54, 1.807) is 17.9 Å². The van der Waals surface area contributed by atoms with E-state index in [4.69, 9.17) is 5.73 Å². The van der Waals surface area contributed by atoms with Gasteiger partial charge < -0.3 is 11.1 Å². The molecule has 21 heavy (non-hydrogen) atoms. The van der Waals surface area contributed by atoms with Crippen LogP contribution in [0, 0.1) is 10.1 Å². The summed E-state index contributed by atoms with van der Waals surface area (Å²) in [7, 11) is 1.73. The highest BCUT2D eigenvalue weighted by Crippen LogP contribution is 2.23. The van der Waals surface area contributed by atoms with Crippen LogP contribution < -0.4 is 11.1 Å². The van der Waals surface area contributed by atoms with Gasteiger partial charge in [0.2, 0.25) is 0 Å². The first-order valence-corrected chi connectivity index (χ1v) is 6.30. The molecular weight excluding hydrogens is 274 g/mol. The van der Waals surface area contributed by atoms with E-state index in [0.717, 1.165) is 0 Å². The summed E-state index contributed by atoms with van der Waals surface area (Å²) < 4.78 is 1.57. The standard InChI is InChI=1S/C13H15N5O3/c1-3-10-11(7-17(2)16-10)15-13(19)9-6-8(14)4-5-12(9)18(20)21/h4-7H,3,14H2,1-2H3,(H,15,19). The predicted octanol–water partition coefficient (Wildman–Crippen LogP) is 1.73. The van der Waals surface area contributed by atoms with E-state index in [2.05, 4.69) is 10.4 Å². The third-order valence-electron chi connectivity index (χ3n) is 2.95. The Hall–Kier alpha value is -2.90. The number of aromatic nitrogens is 2. The molecule has 0 aliphatic heterocycles. The molecular formula is C13H15N5O3. The number of nitro groups is 1. The molecule has 0 aliphatic rings. The monoisotopic (exact) mass is 289 g/mol. The summed E-state index contributed by atoms with van der Waals surface area (Å²) in [6.45, 7) is 1.90. The van der Waals surface area contributed by atoms with Crippen molar-refractivity contribution in [3.8, 4) is 0 Å². The highest BCUT2D eigenvalue weighted by Gasteiger charge is 2.21. The molecule has 0 fully saturated rings. The molecule has 1 aromatic heterocycles. The molecule has 0 unspecified atom stereocenters. The van der Waals surface area contributed by atoms with Crippen LogP contribution in [0.1, 0.15) is 23.0 Å². The SMILES string of the molecule is CCc1nn(C)cc1NC(=O)c1cc(N)ccc1[N+](=O)[O-]. The molecule has 2 rings (SSSR count). The second-order valence-electron chi connectivity index (χ2n) is 4.50. The van der Waals surface area contributed by atoms with Crippen LogP contribution in [0.3, 0.4) is 0 Å². The zero-order valence-electron chi connectivity index (χ0n) is 11.7. The Kier molecular flexibility index (Phi) is 3.88. The Bertz CT molecular complexity index is 708. The lowest BCUT2D eigenvalue weighted by Gasteiger charge is -2.06. The van der Waals surface area contributed by atoms with Crippen molar-refractivity contribution in [1.82, 2.24) is 9.78 Å². The Morgan fingerprint density at radius 3 is 2.86 bits per heavy atom. The molecule has 0 atom stereocenters. The molecule has 0 spiro atoms. The second kappa shape index (κ2) is 5.61. The summed E-state index contributed by atoms with van der Waals surface area (Å²) in [5.74, 6) is -0.586. The van der Waals surface area contributed by atoms with Crippen molar-refractivity contribution in [2.45, 2.75) is 13.3 Å². The minimum Gasteiger partial charge on any atom is -0.399 e. The van der Waals surface area contributed by atoms with Crippen LogP contribution in [0.25, 0.3) is 0 Å². The predicted molar refractivity (Wildman–Crippen MR) is 78.0 cm³/mol. The van der Waals surface area contributed by atoms with Gasteiger partial charge in [0.1, 0.15) is 5.56 Å². The maximum absolute atomic E-state index is 12.3. The van der Waals surface area contributed by atoms with E-state index in [9.17, 15) is 14.9 Å². The fourth-order valence-corrected chi connectivity index (χ4v) is 1.98. The van der Waals surface area contributed by atoms with Gasteiger partial charge in [0, 0.05) is 25.0 Å². The Morgan fingerprint density at radius 2 is 2.24 bits per heavy atom. The molecule has 110 valence electrons. The smallest absolute Gasteiger partial charge is 0.282 e. The molecule has 1 amide bonds. The van der Waals surface area contributed by atoms with Gasteiger partial charge in [0.25, 0.3) is 11.6 Å². The fraction of sp³-hybridized carbons (Fsp3) is 0.231. The number of nitrogen functional groups attached to an aromatic ring is 1. The van der Waals surface area contributed by atoms with Crippen molar-refractivity contribution in [2.24, 2.45) is 7.05 Å². The van der Waals surface area contributed by atoms with Gasteiger partial charge in [0.05, 0.1) is 16.3 Å². The average Bonchev–Trinajstić information content (AvgIpc) is 2.78. The lowest BCUT2D eigenvalue weighted by atomic mass is 10.1. The van der Waals surface area contributed by atoms with Crippen LogP contribution in [-0.2, 0) is 13.5 Å². The summed E-state index contributed by atoms with van der Waals surface area (Å²) in [5, 5.41) is 17.8. The van der Waals surface area contributed by atoms with Crippen LogP contribution >= 0.6 is 0 Å². The van der Waals surface area contributed by atoms with Gasteiger partial charge in [-0.3, -0.25) is 19.6 Å².